The molecule has 2 heterocycles. The van der Waals surface area contributed by atoms with E-state index in [0.717, 1.165) is 12.0 Å². The summed E-state index contributed by atoms with van der Waals surface area (Å²) in [6.07, 6.45) is 2.68. The van der Waals surface area contributed by atoms with Crippen LogP contribution < -0.4 is 0 Å². The van der Waals surface area contributed by atoms with Gasteiger partial charge in [-0.15, -0.1) is 0 Å². The number of hydrogen-bond acceptors (Lipinski definition) is 2. The average Bonchev–Trinajstić information content (AvgIpc) is 2.36. The minimum Gasteiger partial charge on any atom is -0.303 e. The van der Waals surface area contributed by atoms with Crippen molar-refractivity contribution in [1.82, 2.24) is 9.80 Å². The van der Waals surface area contributed by atoms with Crippen LogP contribution in [0.1, 0.15) is 24.3 Å². The maximum absolute atomic E-state index is 2.69. The Bertz CT molecular complexity index is 348. The van der Waals surface area contributed by atoms with Crippen LogP contribution in [0.5, 0.6) is 0 Å². The zero-order chi connectivity index (χ0) is 11.7. The normalized spacial score (nSPS) is 24.8. The van der Waals surface area contributed by atoms with Crippen molar-refractivity contribution in [3.05, 3.63) is 35.9 Å². The average molecular weight is 230 g/mol. The Kier molecular flexibility index (Phi) is 3.17. The lowest BCUT2D eigenvalue weighted by Gasteiger charge is -2.46. The number of likely N-dealkylation sites (tertiary alicyclic amines) is 2. The summed E-state index contributed by atoms with van der Waals surface area (Å²) in [7, 11) is 2.22. The molecule has 92 valence electrons. The molecule has 2 heteroatoms. The number of rotatable bonds is 2. The lowest BCUT2D eigenvalue weighted by atomic mass is 9.88. The summed E-state index contributed by atoms with van der Waals surface area (Å²) in [6.45, 7) is 5.13. The third-order valence-corrected chi connectivity index (χ3v) is 4.36. The summed E-state index contributed by atoms with van der Waals surface area (Å²) < 4.78 is 0. The Hall–Kier alpha value is -0.860. The Labute approximate surface area is 104 Å². The fraction of sp³-hybridized carbons (Fsp3) is 0.600. The molecule has 0 N–H and O–H groups in total. The lowest BCUT2D eigenvalue weighted by molar-refractivity contribution is 0.0363. The molecule has 0 amide bonds. The van der Waals surface area contributed by atoms with Crippen LogP contribution in [-0.2, 0) is 0 Å². The minimum absolute atomic E-state index is 0.797. The van der Waals surface area contributed by atoms with E-state index in [-0.39, 0.29) is 0 Å². The number of benzene rings is 1. The van der Waals surface area contributed by atoms with Crippen LogP contribution in [0.2, 0.25) is 0 Å². The van der Waals surface area contributed by atoms with Gasteiger partial charge in [-0.1, -0.05) is 30.3 Å². The third kappa shape index (κ3) is 2.38. The molecule has 0 spiro atoms. The summed E-state index contributed by atoms with van der Waals surface area (Å²) in [5.41, 5.74) is 1.54. The highest BCUT2D eigenvalue weighted by Crippen LogP contribution is 2.29. The Morgan fingerprint density at radius 2 is 1.65 bits per heavy atom. The van der Waals surface area contributed by atoms with Gasteiger partial charge in [-0.25, -0.2) is 0 Å². The van der Waals surface area contributed by atoms with Gasteiger partial charge in [0.1, 0.15) is 0 Å². The van der Waals surface area contributed by atoms with Crippen molar-refractivity contribution in [2.75, 3.05) is 33.2 Å². The second-order valence-electron chi connectivity index (χ2n) is 5.60. The van der Waals surface area contributed by atoms with Crippen molar-refractivity contribution in [3.63, 3.8) is 0 Å². The number of nitrogens with zero attached hydrogens (tertiary/aromatic N) is 2. The van der Waals surface area contributed by atoms with Crippen LogP contribution in [0.25, 0.3) is 0 Å². The SMILES string of the molecule is CN1CC(N2CCC(c3ccccc3)CC2)C1. The van der Waals surface area contributed by atoms with Gasteiger partial charge in [-0.3, -0.25) is 4.90 Å². The first-order valence-corrected chi connectivity index (χ1v) is 6.80. The first-order chi connectivity index (χ1) is 8.33. The molecule has 3 rings (SSSR count). The zero-order valence-electron chi connectivity index (χ0n) is 10.7. The van der Waals surface area contributed by atoms with Crippen molar-refractivity contribution in [1.29, 1.82) is 0 Å². The Morgan fingerprint density at radius 3 is 2.24 bits per heavy atom. The van der Waals surface area contributed by atoms with Crippen molar-refractivity contribution in [2.24, 2.45) is 0 Å². The van der Waals surface area contributed by atoms with Crippen LogP contribution in [0.15, 0.2) is 30.3 Å². The van der Waals surface area contributed by atoms with Gasteiger partial charge >= 0.3 is 0 Å². The summed E-state index contributed by atoms with van der Waals surface area (Å²) in [5.74, 6) is 0.797. The molecular weight excluding hydrogens is 208 g/mol. The van der Waals surface area contributed by atoms with E-state index in [0.29, 0.717) is 0 Å². The van der Waals surface area contributed by atoms with E-state index in [9.17, 15) is 0 Å². The Morgan fingerprint density at radius 1 is 1.00 bits per heavy atom. The lowest BCUT2D eigenvalue weighted by Crippen LogP contribution is -2.59. The number of hydrogen-bond donors (Lipinski definition) is 0. The number of piperidine rings is 1. The van der Waals surface area contributed by atoms with Gasteiger partial charge in [0.05, 0.1) is 0 Å². The van der Waals surface area contributed by atoms with E-state index in [1.54, 1.807) is 0 Å². The Balaban J connectivity index is 1.54. The topological polar surface area (TPSA) is 6.48 Å². The second-order valence-corrected chi connectivity index (χ2v) is 5.60. The van der Waals surface area contributed by atoms with Gasteiger partial charge in [-0.2, -0.15) is 0 Å². The first-order valence-electron chi connectivity index (χ1n) is 6.80. The molecule has 0 bridgehead atoms. The smallest absolute Gasteiger partial charge is 0.0350 e. The maximum Gasteiger partial charge on any atom is 0.0350 e. The van der Waals surface area contributed by atoms with E-state index in [4.69, 9.17) is 0 Å². The van der Waals surface area contributed by atoms with Gasteiger partial charge in [0.25, 0.3) is 0 Å². The molecule has 2 aliphatic rings. The highest BCUT2D eigenvalue weighted by Gasteiger charge is 2.31. The standard InChI is InChI=1S/C15H22N2/c1-16-11-15(12-16)17-9-7-14(8-10-17)13-5-3-2-4-6-13/h2-6,14-15H,7-12H2,1H3. The molecule has 0 saturated carbocycles. The highest BCUT2D eigenvalue weighted by molar-refractivity contribution is 5.20. The predicted molar refractivity (Wildman–Crippen MR) is 71.3 cm³/mol. The molecule has 2 nitrogen and oxygen atoms in total. The highest BCUT2D eigenvalue weighted by atomic mass is 15.3. The maximum atomic E-state index is 2.69. The molecule has 2 aliphatic heterocycles. The molecule has 0 atom stereocenters. The molecular formula is C15H22N2. The molecule has 17 heavy (non-hydrogen) atoms. The van der Waals surface area contributed by atoms with E-state index in [1.165, 1.54) is 44.6 Å². The van der Waals surface area contributed by atoms with Crippen molar-refractivity contribution in [3.8, 4) is 0 Å². The predicted octanol–water partition coefficient (Wildman–Crippen LogP) is 2.18. The van der Waals surface area contributed by atoms with Gasteiger partial charge < -0.3 is 4.90 Å². The molecule has 2 saturated heterocycles. The van der Waals surface area contributed by atoms with E-state index >= 15 is 0 Å². The fourth-order valence-electron chi connectivity index (χ4n) is 3.22. The largest absolute Gasteiger partial charge is 0.303 e. The van der Waals surface area contributed by atoms with Crippen LogP contribution in [-0.4, -0.2) is 49.1 Å². The molecule has 0 unspecified atom stereocenters. The molecule has 0 aromatic heterocycles. The van der Waals surface area contributed by atoms with Gasteiger partial charge in [-0.05, 0) is 44.5 Å². The van der Waals surface area contributed by atoms with Gasteiger partial charge in [0.2, 0.25) is 0 Å². The zero-order valence-corrected chi connectivity index (χ0v) is 10.7. The first kappa shape index (κ1) is 11.2. The fourth-order valence-corrected chi connectivity index (χ4v) is 3.22. The monoisotopic (exact) mass is 230 g/mol. The quantitative estimate of drug-likeness (QED) is 0.768. The van der Waals surface area contributed by atoms with Crippen LogP contribution in [0.3, 0.4) is 0 Å². The van der Waals surface area contributed by atoms with Crippen molar-refractivity contribution in [2.45, 2.75) is 24.8 Å². The molecule has 1 aromatic carbocycles. The number of likely N-dealkylation sites (N-methyl/N-ethyl adjacent to an activating group) is 1. The molecule has 0 aliphatic carbocycles. The second kappa shape index (κ2) is 4.79. The molecule has 1 aromatic rings. The van der Waals surface area contributed by atoms with Crippen molar-refractivity contribution >= 4 is 0 Å². The van der Waals surface area contributed by atoms with E-state index in [1.807, 2.05) is 0 Å². The summed E-state index contributed by atoms with van der Waals surface area (Å²) in [5, 5.41) is 0. The van der Waals surface area contributed by atoms with Gasteiger partial charge in [0.15, 0.2) is 0 Å². The van der Waals surface area contributed by atoms with E-state index in [2.05, 4.69) is 47.2 Å². The van der Waals surface area contributed by atoms with E-state index < -0.39 is 0 Å². The van der Waals surface area contributed by atoms with Gasteiger partial charge in [0, 0.05) is 19.1 Å². The van der Waals surface area contributed by atoms with Crippen molar-refractivity contribution < 1.29 is 0 Å². The third-order valence-electron chi connectivity index (χ3n) is 4.36. The minimum atomic E-state index is 0.797. The van der Waals surface area contributed by atoms with Crippen LogP contribution in [0.4, 0.5) is 0 Å². The van der Waals surface area contributed by atoms with Crippen LogP contribution in [0, 0.1) is 0 Å². The summed E-state index contributed by atoms with van der Waals surface area (Å²) in [4.78, 5) is 5.10. The van der Waals surface area contributed by atoms with Crippen LogP contribution >= 0.6 is 0 Å². The molecule has 0 radical (unpaired) electrons. The molecule has 2 fully saturated rings. The summed E-state index contributed by atoms with van der Waals surface area (Å²) in [6, 6.07) is 11.9. The summed E-state index contributed by atoms with van der Waals surface area (Å²) >= 11 is 0.